The zero-order valence-electron chi connectivity index (χ0n) is 10.9. The predicted octanol–water partition coefficient (Wildman–Crippen LogP) is 1.19. The Morgan fingerprint density at radius 1 is 1.29 bits per heavy atom. The summed E-state index contributed by atoms with van der Waals surface area (Å²) in [7, 11) is -1.36. The van der Waals surface area contributed by atoms with Crippen molar-refractivity contribution >= 4 is 10.0 Å². The lowest BCUT2D eigenvalue weighted by Crippen LogP contribution is -2.45. The molecule has 100 valence electrons. The molecule has 2 fully saturated rings. The van der Waals surface area contributed by atoms with Gasteiger partial charge in [0.25, 0.3) is 0 Å². The van der Waals surface area contributed by atoms with E-state index in [4.69, 9.17) is 0 Å². The van der Waals surface area contributed by atoms with Gasteiger partial charge in [0.15, 0.2) is 0 Å². The summed E-state index contributed by atoms with van der Waals surface area (Å²) in [6, 6.07) is 0.325. The molecule has 17 heavy (non-hydrogen) atoms. The van der Waals surface area contributed by atoms with Crippen molar-refractivity contribution in [2.75, 3.05) is 19.3 Å². The lowest BCUT2D eigenvalue weighted by atomic mass is 10.1. The maximum Gasteiger partial charge on any atom is 0.215 e. The molecule has 1 saturated heterocycles. The van der Waals surface area contributed by atoms with Crippen LogP contribution in [0.3, 0.4) is 0 Å². The highest BCUT2D eigenvalue weighted by Gasteiger charge is 2.36. The van der Waals surface area contributed by atoms with Crippen molar-refractivity contribution < 1.29 is 8.42 Å². The van der Waals surface area contributed by atoms with E-state index in [1.807, 2.05) is 6.92 Å². The van der Waals surface area contributed by atoms with E-state index in [-0.39, 0.29) is 17.8 Å². The molecule has 1 aliphatic carbocycles. The summed E-state index contributed by atoms with van der Waals surface area (Å²) in [5.74, 6) is 0.856. The number of rotatable bonds is 5. The molecule has 0 spiro atoms. The van der Waals surface area contributed by atoms with Gasteiger partial charge >= 0.3 is 0 Å². The second-order valence-electron chi connectivity index (χ2n) is 5.52. The molecule has 5 heteroatoms. The topological polar surface area (TPSA) is 49.4 Å². The molecule has 2 unspecified atom stereocenters. The second kappa shape index (κ2) is 5.24. The molecule has 2 aliphatic rings. The third-order valence-electron chi connectivity index (χ3n) is 4.14. The molecule has 0 aromatic heterocycles. The van der Waals surface area contributed by atoms with Crippen molar-refractivity contribution in [3.8, 4) is 0 Å². The Bertz CT molecular complexity index is 346. The van der Waals surface area contributed by atoms with Gasteiger partial charge in [-0.15, -0.1) is 0 Å². The van der Waals surface area contributed by atoms with Crippen LogP contribution >= 0.6 is 0 Å². The lowest BCUT2D eigenvalue weighted by molar-refractivity contribution is 0.349. The van der Waals surface area contributed by atoms with E-state index in [1.165, 1.54) is 19.3 Å². The van der Waals surface area contributed by atoms with Gasteiger partial charge in [-0.1, -0.05) is 6.42 Å². The summed E-state index contributed by atoms with van der Waals surface area (Å²) in [5.41, 5.74) is 0. The lowest BCUT2D eigenvalue weighted by Gasteiger charge is -2.28. The predicted molar refractivity (Wildman–Crippen MR) is 69.4 cm³/mol. The van der Waals surface area contributed by atoms with Crippen LogP contribution in [0.25, 0.3) is 0 Å². The fourth-order valence-corrected chi connectivity index (χ4v) is 4.27. The number of hydrogen-bond donors (Lipinski definition) is 1. The molecule has 0 aromatic rings. The first-order chi connectivity index (χ1) is 8.00. The monoisotopic (exact) mass is 260 g/mol. The van der Waals surface area contributed by atoms with Gasteiger partial charge in [0.05, 0.1) is 5.75 Å². The van der Waals surface area contributed by atoms with E-state index in [0.29, 0.717) is 5.92 Å². The standard InChI is InChI=1S/C12H24N2O2S/c1-10(11-6-7-11)14(2)17(15,16)9-12-5-3-4-8-13-12/h10-13H,3-9H2,1-2H3. The summed E-state index contributed by atoms with van der Waals surface area (Å²) in [6.45, 7) is 2.99. The van der Waals surface area contributed by atoms with Gasteiger partial charge in [0.1, 0.15) is 0 Å². The molecule has 0 amide bonds. The summed E-state index contributed by atoms with van der Waals surface area (Å²) < 4.78 is 26.1. The smallest absolute Gasteiger partial charge is 0.215 e. The summed E-state index contributed by atoms with van der Waals surface area (Å²) in [4.78, 5) is 0. The molecular weight excluding hydrogens is 236 g/mol. The maximum absolute atomic E-state index is 12.3. The average Bonchev–Trinajstić information content (AvgIpc) is 3.11. The maximum atomic E-state index is 12.3. The number of nitrogens with one attached hydrogen (secondary N) is 1. The highest BCUT2D eigenvalue weighted by atomic mass is 32.2. The van der Waals surface area contributed by atoms with Crippen molar-refractivity contribution in [3.63, 3.8) is 0 Å². The molecule has 0 aromatic carbocycles. The molecule has 2 atom stereocenters. The molecule has 0 radical (unpaired) electrons. The second-order valence-corrected chi connectivity index (χ2v) is 7.59. The molecule has 4 nitrogen and oxygen atoms in total. The van der Waals surface area contributed by atoms with Crippen molar-refractivity contribution in [2.45, 2.75) is 51.1 Å². The van der Waals surface area contributed by atoms with Crippen LogP contribution in [0.1, 0.15) is 39.0 Å². The SMILES string of the molecule is CC(C1CC1)N(C)S(=O)(=O)CC1CCCCN1. The van der Waals surface area contributed by atoms with Crippen molar-refractivity contribution in [1.82, 2.24) is 9.62 Å². The van der Waals surface area contributed by atoms with Gasteiger partial charge in [-0.2, -0.15) is 0 Å². The van der Waals surface area contributed by atoms with E-state index >= 15 is 0 Å². The van der Waals surface area contributed by atoms with Gasteiger partial charge in [-0.05, 0) is 45.1 Å². The summed E-state index contributed by atoms with van der Waals surface area (Å²) >= 11 is 0. The number of hydrogen-bond acceptors (Lipinski definition) is 3. The molecular formula is C12H24N2O2S. The molecule has 0 bridgehead atoms. The minimum atomic E-state index is -3.09. The van der Waals surface area contributed by atoms with Crippen LogP contribution in [0.2, 0.25) is 0 Å². The summed E-state index contributed by atoms with van der Waals surface area (Å²) in [5, 5.41) is 3.31. The van der Waals surface area contributed by atoms with Crippen LogP contribution in [0.15, 0.2) is 0 Å². The minimum Gasteiger partial charge on any atom is -0.313 e. The largest absolute Gasteiger partial charge is 0.313 e. The third kappa shape index (κ3) is 3.42. The normalized spacial score (nSPS) is 28.3. The van der Waals surface area contributed by atoms with Crippen molar-refractivity contribution in [2.24, 2.45) is 5.92 Å². The van der Waals surface area contributed by atoms with Crippen molar-refractivity contribution in [1.29, 1.82) is 0 Å². The summed E-state index contributed by atoms with van der Waals surface area (Å²) in [6.07, 6.45) is 5.68. The van der Waals surface area contributed by atoms with Gasteiger partial charge in [0.2, 0.25) is 10.0 Å². The van der Waals surface area contributed by atoms with Crippen LogP contribution in [0.5, 0.6) is 0 Å². The Morgan fingerprint density at radius 3 is 2.53 bits per heavy atom. The van der Waals surface area contributed by atoms with E-state index in [1.54, 1.807) is 11.4 Å². The van der Waals surface area contributed by atoms with Crippen LogP contribution in [-0.2, 0) is 10.0 Å². The number of nitrogens with zero attached hydrogens (tertiary/aromatic N) is 1. The first kappa shape index (κ1) is 13.3. The van der Waals surface area contributed by atoms with Crippen molar-refractivity contribution in [3.05, 3.63) is 0 Å². The van der Waals surface area contributed by atoms with E-state index in [9.17, 15) is 8.42 Å². The molecule has 1 heterocycles. The average molecular weight is 260 g/mol. The zero-order chi connectivity index (χ0) is 12.5. The molecule has 2 rings (SSSR count). The number of sulfonamides is 1. The highest BCUT2D eigenvalue weighted by molar-refractivity contribution is 7.89. The van der Waals surface area contributed by atoms with Gasteiger partial charge in [0, 0.05) is 19.1 Å². The van der Waals surface area contributed by atoms with Crippen LogP contribution in [0.4, 0.5) is 0 Å². The van der Waals surface area contributed by atoms with Crippen LogP contribution in [0, 0.1) is 5.92 Å². The Morgan fingerprint density at radius 2 is 2.00 bits per heavy atom. The Balaban J connectivity index is 1.92. The Hall–Kier alpha value is -0.130. The van der Waals surface area contributed by atoms with E-state index < -0.39 is 10.0 Å². The van der Waals surface area contributed by atoms with E-state index in [0.717, 1.165) is 19.4 Å². The molecule has 1 saturated carbocycles. The zero-order valence-corrected chi connectivity index (χ0v) is 11.7. The molecule has 1 N–H and O–H groups in total. The minimum absolute atomic E-state index is 0.155. The van der Waals surface area contributed by atoms with Crippen LogP contribution < -0.4 is 5.32 Å². The fraction of sp³-hybridized carbons (Fsp3) is 1.00. The number of piperidine rings is 1. The van der Waals surface area contributed by atoms with Crippen LogP contribution in [-0.4, -0.2) is 44.2 Å². The first-order valence-corrected chi connectivity index (χ1v) is 8.31. The third-order valence-corrected chi connectivity index (χ3v) is 6.17. The van der Waals surface area contributed by atoms with E-state index in [2.05, 4.69) is 5.32 Å². The van der Waals surface area contributed by atoms with Gasteiger partial charge in [-0.25, -0.2) is 12.7 Å². The first-order valence-electron chi connectivity index (χ1n) is 6.70. The Labute approximate surface area is 105 Å². The highest BCUT2D eigenvalue weighted by Crippen LogP contribution is 2.35. The molecule has 1 aliphatic heterocycles. The Kier molecular flexibility index (Phi) is 4.10. The fourth-order valence-electron chi connectivity index (χ4n) is 2.57. The van der Waals surface area contributed by atoms with Gasteiger partial charge in [-0.3, -0.25) is 0 Å². The van der Waals surface area contributed by atoms with Gasteiger partial charge < -0.3 is 5.32 Å². The quantitative estimate of drug-likeness (QED) is 0.808.